The van der Waals surface area contributed by atoms with Gasteiger partial charge in [0, 0.05) is 48.6 Å². The van der Waals surface area contributed by atoms with E-state index in [1.165, 1.54) is 0 Å². The van der Waals surface area contributed by atoms with Crippen molar-refractivity contribution in [2.45, 2.75) is 6.92 Å². The van der Waals surface area contributed by atoms with Crippen molar-refractivity contribution in [2.75, 3.05) is 37.7 Å². The van der Waals surface area contributed by atoms with Crippen molar-refractivity contribution in [3.8, 4) is 22.6 Å². The first-order chi connectivity index (χ1) is 19.1. The van der Waals surface area contributed by atoms with E-state index in [2.05, 4.69) is 27.8 Å². The minimum atomic E-state index is -0.0121. The molecular formula is C31H28ClN5O2. The van der Waals surface area contributed by atoms with Gasteiger partial charge in [-0.3, -0.25) is 4.79 Å². The van der Waals surface area contributed by atoms with Gasteiger partial charge < -0.3 is 19.1 Å². The van der Waals surface area contributed by atoms with E-state index in [1.807, 2.05) is 78.6 Å². The van der Waals surface area contributed by atoms with Crippen molar-refractivity contribution in [1.29, 1.82) is 0 Å². The zero-order valence-electron chi connectivity index (χ0n) is 21.6. The molecule has 39 heavy (non-hydrogen) atoms. The van der Waals surface area contributed by atoms with E-state index in [0.717, 1.165) is 39.2 Å². The van der Waals surface area contributed by atoms with Crippen LogP contribution in [0.3, 0.4) is 0 Å². The minimum absolute atomic E-state index is 0.0121. The van der Waals surface area contributed by atoms with Crippen LogP contribution in [-0.2, 0) is 4.79 Å². The van der Waals surface area contributed by atoms with Gasteiger partial charge >= 0.3 is 0 Å². The fraction of sp³-hybridized carbons (Fsp3) is 0.194. The predicted octanol–water partition coefficient (Wildman–Crippen LogP) is 5.78. The highest BCUT2D eigenvalue weighted by atomic mass is 35.5. The number of fused-ring (bicyclic) bond motifs is 1. The lowest BCUT2D eigenvalue weighted by Crippen LogP contribution is -2.50. The highest BCUT2D eigenvalue weighted by Gasteiger charge is 2.26. The Morgan fingerprint density at radius 2 is 1.62 bits per heavy atom. The van der Waals surface area contributed by atoms with Gasteiger partial charge in [-0.1, -0.05) is 59.6 Å². The lowest BCUT2D eigenvalue weighted by atomic mass is 10.1. The normalized spacial score (nSPS) is 13.6. The summed E-state index contributed by atoms with van der Waals surface area (Å²) in [5, 5.41) is 1.67. The number of rotatable bonds is 6. The van der Waals surface area contributed by atoms with Crippen LogP contribution in [0.2, 0.25) is 5.02 Å². The second-order valence-corrected chi connectivity index (χ2v) is 10.1. The van der Waals surface area contributed by atoms with E-state index in [0.29, 0.717) is 37.0 Å². The van der Waals surface area contributed by atoms with Gasteiger partial charge in [-0.05, 0) is 48.9 Å². The number of carbonyl (C=O) groups is 1. The van der Waals surface area contributed by atoms with Crippen molar-refractivity contribution in [3.63, 3.8) is 0 Å². The van der Waals surface area contributed by atoms with Crippen molar-refractivity contribution in [2.24, 2.45) is 0 Å². The molecular weight excluding hydrogens is 510 g/mol. The Bertz CT molecular complexity index is 1590. The molecule has 1 aliphatic heterocycles. The Balaban J connectivity index is 1.26. The van der Waals surface area contributed by atoms with Crippen LogP contribution in [0, 0.1) is 6.92 Å². The molecule has 0 radical (unpaired) electrons. The van der Waals surface area contributed by atoms with Crippen LogP contribution >= 0.6 is 11.6 Å². The summed E-state index contributed by atoms with van der Waals surface area (Å²) in [5.74, 6) is 1.56. The van der Waals surface area contributed by atoms with Crippen LogP contribution in [0.5, 0.6) is 5.75 Å². The molecule has 8 heteroatoms. The predicted molar refractivity (Wildman–Crippen MR) is 155 cm³/mol. The van der Waals surface area contributed by atoms with E-state index < -0.39 is 0 Å². The first-order valence-electron chi connectivity index (χ1n) is 13.0. The van der Waals surface area contributed by atoms with Gasteiger partial charge in [-0.15, -0.1) is 0 Å². The molecule has 1 fully saturated rings. The average molecular weight is 538 g/mol. The maximum absolute atomic E-state index is 12.9. The number of nitrogens with zero attached hydrogens (tertiary/aromatic N) is 5. The molecule has 1 aliphatic rings. The second kappa shape index (κ2) is 10.8. The van der Waals surface area contributed by atoms with Crippen LogP contribution < -0.4 is 9.64 Å². The highest BCUT2D eigenvalue weighted by Crippen LogP contribution is 2.37. The van der Waals surface area contributed by atoms with Gasteiger partial charge in [0.15, 0.2) is 12.3 Å². The lowest BCUT2D eigenvalue weighted by molar-refractivity contribution is -0.133. The zero-order valence-corrected chi connectivity index (χ0v) is 22.4. The summed E-state index contributed by atoms with van der Waals surface area (Å²) in [5.41, 5.74) is 5.10. The van der Waals surface area contributed by atoms with Gasteiger partial charge in [0.05, 0.1) is 5.39 Å². The topological polar surface area (TPSA) is 63.5 Å². The third kappa shape index (κ3) is 5.18. The van der Waals surface area contributed by atoms with E-state index in [-0.39, 0.29) is 12.5 Å². The van der Waals surface area contributed by atoms with E-state index in [9.17, 15) is 4.79 Å². The van der Waals surface area contributed by atoms with Crippen molar-refractivity contribution in [1.82, 2.24) is 19.4 Å². The molecule has 6 rings (SSSR count). The van der Waals surface area contributed by atoms with Crippen LogP contribution in [0.1, 0.15) is 5.56 Å². The minimum Gasteiger partial charge on any atom is -0.484 e. The molecule has 3 aromatic carbocycles. The van der Waals surface area contributed by atoms with Gasteiger partial charge in [0.2, 0.25) is 0 Å². The maximum Gasteiger partial charge on any atom is 0.260 e. The molecule has 0 bridgehead atoms. The standard InChI is InChI=1S/C31H28ClN5O2/c1-22-7-13-26(14-8-22)39-20-28(38)35-15-17-36(18-16-35)30-29-27(23-5-3-2-4-6-23)19-37(31(29)34-21-33-30)25-11-9-24(32)10-12-25/h2-14,19,21H,15-18,20H2,1H3. The quantitative estimate of drug-likeness (QED) is 0.275. The van der Waals surface area contributed by atoms with Crippen molar-refractivity contribution >= 4 is 34.4 Å². The van der Waals surface area contributed by atoms with Crippen LogP contribution in [0.25, 0.3) is 27.8 Å². The molecule has 5 aromatic rings. The fourth-order valence-corrected chi connectivity index (χ4v) is 5.09. The molecule has 0 saturated carbocycles. The van der Waals surface area contributed by atoms with Crippen molar-refractivity contribution < 1.29 is 9.53 Å². The third-order valence-electron chi connectivity index (χ3n) is 7.07. The zero-order chi connectivity index (χ0) is 26.8. The summed E-state index contributed by atoms with van der Waals surface area (Å²) in [6, 6.07) is 25.8. The number of benzene rings is 3. The van der Waals surface area contributed by atoms with Gasteiger partial charge in [0.1, 0.15) is 17.9 Å². The Hall–Kier alpha value is -4.36. The summed E-state index contributed by atoms with van der Waals surface area (Å²) in [4.78, 5) is 26.4. The summed E-state index contributed by atoms with van der Waals surface area (Å²) >= 11 is 6.16. The Kier molecular flexibility index (Phi) is 6.90. The van der Waals surface area contributed by atoms with Gasteiger partial charge in [-0.2, -0.15) is 0 Å². The first kappa shape index (κ1) is 24.9. The summed E-state index contributed by atoms with van der Waals surface area (Å²) in [6.45, 7) is 4.59. The van der Waals surface area contributed by atoms with Crippen molar-refractivity contribution in [3.05, 3.63) is 102 Å². The molecule has 3 heterocycles. The fourth-order valence-electron chi connectivity index (χ4n) is 4.96. The lowest BCUT2D eigenvalue weighted by Gasteiger charge is -2.35. The average Bonchev–Trinajstić information content (AvgIpc) is 3.38. The molecule has 2 aromatic heterocycles. The second-order valence-electron chi connectivity index (χ2n) is 9.62. The van der Waals surface area contributed by atoms with Gasteiger partial charge in [0.25, 0.3) is 5.91 Å². The smallest absolute Gasteiger partial charge is 0.260 e. The summed E-state index contributed by atoms with van der Waals surface area (Å²) in [7, 11) is 0. The third-order valence-corrected chi connectivity index (χ3v) is 7.32. The number of halogens is 1. The number of aryl methyl sites for hydroxylation is 1. The molecule has 0 spiro atoms. The largest absolute Gasteiger partial charge is 0.484 e. The first-order valence-corrected chi connectivity index (χ1v) is 13.3. The Labute approximate surface area is 232 Å². The molecule has 0 aliphatic carbocycles. The number of ether oxygens (including phenoxy) is 1. The molecule has 0 N–H and O–H groups in total. The summed E-state index contributed by atoms with van der Waals surface area (Å²) in [6.07, 6.45) is 3.73. The molecule has 196 valence electrons. The van der Waals surface area contributed by atoms with Crippen LogP contribution in [0.4, 0.5) is 5.82 Å². The molecule has 1 saturated heterocycles. The number of amides is 1. The monoisotopic (exact) mass is 537 g/mol. The number of hydrogen-bond acceptors (Lipinski definition) is 5. The van der Waals surface area contributed by atoms with E-state index in [4.69, 9.17) is 26.3 Å². The number of hydrogen-bond donors (Lipinski definition) is 0. The van der Waals surface area contributed by atoms with E-state index >= 15 is 0 Å². The van der Waals surface area contributed by atoms with E-state index in [1.54, 1.807) is 6.33 Å². The number of piperazine rings is 1. The molecule has 0 unspecified atom stereocenters. The highest BCUT2D eigenvalue weighted by molar-refractivity contribution is 6.30. The number of carbonyl (C=O) groups excluding carboxylic acids is 1. The Morgan fingerprint density at radius 3 is 2.33 bits per heavy atom. The SMILES string of the molecule is Cc1ccc(OCC(=O)N2CCN(c3ncnc4c3c(-c3ccccc3)cn4-c3ccc(Cl)cc3)CC2)cc1. The van der Waals surface area contributed by atoms with Gasteiger partial charge in [-0.25, -0.2) is 9.97 Å². The number of anilines is 1. The molecule has 7 nitrogen and oxygen atoms in total. The molecule has 1 amide bonds. The van der Waals surface area contributed by atoms with Crippen LogP contribution in [-0.4, -0.2) is 58.1 Å². The maximum atomic E-state index is 12.9. The summed E-state index contributed by atoms with van der Waals surface area (Å²) < 4.78 is 7.81. The Morgan fingerprint density at radius 1 is 0.897 bits per heavy atom. The van der Waals surface area contributed by atoms with Crippen LogP contribution in [0.15, 0.2) is 91.4 Å². The molecule has 0 atom stereocenters. The number of aromatic nitrogens is 3.